The first kappa shape index (κ1) is 32.3. The molecule has 3 fully saturated rings. The molecular formula is C33H38F2N8O4. The lowest BCUT2D eigenvalue weighted by Crippen LogP contribution is -2.56. The Hall–Kier alpha value is -4.61. The highest BCUT2D eigenvalue weighted by Crippen LogP contribution is 2.32. The van der Waals surface area contributed by atoms with Gasteiger partial charge in [0.25, 0.3) is 0 Å². The zero-order valence-electron chi connectivity index (χ0n) is 26.7. The van der Waals surface area contributed by atoms with Gasteiger partial charge in [0.1, 0.15) is 24.1 Å². The molecule has 0 spiro atoms. The summed E-state index contributed by atoms with van der Waals surface area (Å²) in [5, 5.41) is 13.0. The molecule has 0 bridgehead atoms. The molecule has 2 unspecified atom stereocenters. The zero-order valence-corrected chi connectivity index (χ0v) is 26.7. The van der Waals surface area contributed by atoms with Gasteiger partial charge in [-0.15, -0.1) is 0 Å². The van der Waals surface area contributed by atoms with Crippen LogP contribution < -0.4 is 15.0 Å². The van der Waals surface area contributed by atoms with Crippen molar-refractivity contribution in [2.45, 2.75) is 51.1 Å². The highest BCUT2D eigenvalue weighted by Gasteiger charge is 2.36. The van der Waals surface area contributed by atoms with Crippen molar-refractivity contribution in [3.05, 3.63) is 54.1 Å². The second kappa shape index (κ2) is 13.6. The topological polar surface area (TPSA) is 129 Å². The molecule has 1 aromatic heterocycles. The first-order valence-corrected chi connectivity index (χ1v) is 15.7. The van der Waals surface area contributed by atoms with E-state index >= 15 is 8.78 Å². The monoisotopic (exact) mass is 648 g/mol. The minimum Gasteiger partial charge on any atom is -0.483 e. The number of aromatic nitrogens is 3. The van der Waals surface area contributed by atoms with E-state index in [-0.39, 0.29) is 48.2 Å². The maximum Gasteiger partial charge on any atom is 0.410 e. The Balaban J connectivity index is 1.09. The summed E-state index contributed by atoms with van der Waals surface area (Å²) in [5.41, 5.74) is 1.28. The number of piperazine rings is 1. The van der Waals surface area contributed by atoms with E-state index in [1.54, 1.807) is 20.8 Å². The van der Waals surface area contributed by atoms with Crippen LogP contribution in [0, 0.1) is 17.1 Å². The summed E-state index contributed by atoms with van der Waals surface area (Å²) in [6.07, 6.45) is -1.88. The first-order chi connectivity index (χ1) is 22.6. The summed E-state index contributed by atoms with van der Waals surface area (Å²) in [6, 6.07) is 13.0. The number of carbonyl (C=O) groups is 1. The van der Waals surface area contributed by atoms with Crippen LogP contribution in [0.2, 0.25) is 0 Å². The molecule has 1 N–H and O–H groups in total. The number of anilines is 3. The standard InChI is InChI=1S/C33H38F2N8O4/c1-33(2,3)47-32(44)43-9-8-28(27(35)17-43)46-29-22(16-36)14-21(15-26(29)34)30-37-20-38-31(40-30)39-23-4-6-24(7-5-23)41-10-12-42(13-11-41)25-18-45-19-25/h4-7,14-15,20,25,27-28H,8-13,17-19H2,1-3H3,(H,37,38,39,40). The molecule has 4 heterocycles. The average Bonchev–Trinajstić information content (AvgIpc) is 3.02. The molecule has 14 heteroatoms. The summed E-state index contributed by atoms with van der Waals surface area (Å²) in [5.74, 6) is -0.825. The number of amides is 1. The van der Waals surface area contributed by atoms with Crippen LogP contribution in [0.15, 0.2) is 42.7 Å². The van der Waals surface area contributed by atoms with Crippen molar-refractivity contribution in [2.24, 2.45) is 0 Å². The number of alkyl halides is 1. The van der Waals surface area contributed by atoms with Crippen LogP contribution in [0.5, 0.6) is 5.75 Å². The van der Waals surface area contributed by atoms with E-state index in [0.29, 0.717) is 6.04 Å². The molecule has 3 aromatic rings. The number of hydrogen-bond donors (Lipinski definition) is 1. The fraction of sp³-hybridized carbons (Fsp3) is 0.485. The van der Waals surface area contributed by atoms with Crippen molar-refractivity contribution in [1.29, 1.82) is 5.26 Å². The van der Waals surface area contributed by atoms with Crippen LogP contribution in [0.1, 0.15) is 32.8 Å². The lowest BCUT2D eigenvalue weighted by atomic mass is 10.0. The van der Waals surface area contributed by atoms with Crippen LogP contribution >= 0.6 is 0 Å². The lowest BCUT2D eigenvalue weighted by Gasteiger charge is -2.43. The number of rotatable bonds is 7. The number of likely N-dealkylation sites (tertiary alicyclic amines) is 1. The smallest absolute Gasteiger partial charge is 0.410 e. The van der Waals surface area contributed by atoms with E-state index in [1.165, 1.54) is 17.3 Å². The SMILES string of the molecule is CC(C)(C)OC(=O)N1CCC(Oc2c(F)cc(-c3ncnc(Nc4ccc(N5CCN(C6COC6)CC5)cc4)n3)cc2C#N)C(F)C1. The van der Waals surface area contributed by atoms with Crippen LogP contribution in [-0.2, 0) is 9.47 Å². The second-order valence-corrected chi connectivity index (χ2v) is 12.9. The molecule has 0 radical (unpaired) electrons. The normalized spacial score (nSPS) is 20.7. The summed E-state index contributed by atoms with van der Waals surface area (Å²) < 4.78 is 46.8. The number of benzene rings is 2. The van der Waals surface area contributed by atoms with Gasteiger partial charge in [0.15, 0.2) is 23.6 Å². The first-order valence-electron chi connectivity index (χ1n) is 15.7. The van der Waals surface area contributed by atoms with Gasteiger partial charge in [-0.25, -0.2) is 23.5 Å². The van der Waals surface area contributed by atoms with Gasteiger partial charge in [-0.05, 0) is 57.2 Å². The molecule has 2 atom stereocenters. The molecule has 3 aliphatic rings. The molecular weight excluding hydrogens is 610 g/mol. The molecule has 12 nitrogen and oxygen atoms in total. The molecule has 248 valence electrons. The number of halogens is 2. The van der Waals surface area contributed by atoms with Crippen molar-refractivity contribution in [3.63, 3.8) is 0 Å². The third-order valence-electron chi connectivity index (χ3n) is 8.34. The van der Waals surface area contributed by atoms with Crippen molar-refractivity contribution in [3.8, 4) is 23.2 Å². The maximum absolute atomic E-state index is 15.4. The minimum atomic E-state index is -1.61. The van der Waals surface area contributed by atoms with Crippen molar-refractivity contribution < 1.29 is 27.8 Å². The van der Waals surface area contributed by atoms with E-state index < -0.39 is 29.8 Å². The Bertz CT molecular complexity index is 1620. The number of nitrogens with one attached hydrogen (secondary N) is 1. The van der Waals surface area contributed by atoms with Crippen LogP contribution in [0.3, 0.4) is 0 Å². The Labute approximate surface area is 272 Å². The van der Waals surface area contributed by atoms with E-state index in [0.717, 1.165) is 56.8 Å². The van der Waals surface area contributed by atoms with Gasteiger partial charge < -0.3 is 29.3 Å². The van der Waals surface area contributed by atoms with Gasteiger partial charge in [-0.3, -0.25) is 4.90 Å². The Morgan fingerprint density at radius 2 is 1.83 bits per heavy atom. The van der Waals surface area contributed by atoms with Crippen molar-refractivity contribution in [1.82, 2.24) is 24.8 Å². The summed E-state index contributed by atoms with van der Waals surface area (Å²) in [6.45, 7) is 10.7. The average molecular weight is 649 g/mol. The number of nitriles is 1. The lowest BCUT2D eigenvalue weighted by molar-refractivity contribution is -0.0660. The molecule has 2 aromatic carbocycles. The predicted molar refractivity (Wildman–Crippen MR) is 170 cm³/mol. The highest BCUT2D eigenvalue weighted by molar-refractivity contribution is 5.68. The van der Waals surface area contributed by atoms with Crippen molar-refractivity contribution >= 4 is 23.4 Å². The number of carbonyl (C=O) groups excluding carboxylic acids is 1. The molecule has 3 aliphatic heterocycles. The second-order valence-electron chi connectivity index (χ2n) is 12.9. The third-order valence-corrected chi connectivity index (χ3v) is 8.34. The third kappa shape index (κ3) is 7.69. The molecule has 3 saturated heterocycles. The molecule has 6 rings (SSSR count). The number of hydrogen-bond acceptors (Lipinski definition) is 11. The molecule has 0 aliphatic carbocycles. The number of ether oxygens (including phenoxy) is 3. The van der Waals surface area contributed by atoms with E-state index in [1.807, 2.05) is 30.3 Å². The summed E-state index contributed by atoms with van der Waals surface area (Å²) in [4.78, 5) is 31.2. The molecule has 0 saturated carbocycles. The molecule has 47 heavy (non-hydrogen) atoms. The Morgan fingerprint density at radius 1 is 1.09 bits per heavy atom. The van der Waals surface area contributed by atoms with Gasteiger partial charge in [-0.1, -0.05) is 0 Å². The predicted octanol–water partition coefficient (Wildman–Crippen LogP) is 4.54. The Morgan fingerprint density at radius 3 is 2.47 bits per heavy atom. The number of nitrogens with zero attached hydrogens (tertiary/aromatic N) is 7. The highest BCUT2D eigenvalue weighted by atomic mass is 19.1. The van der Waals surface area contributed by atoms with Gasteiger partial charge >= 0.3 is 6.09 Å². The van der Waals surface area contributed by atoms with Gasteiger partial charge in [0.05, 0.1) is 31.4 Å². The largest absolute Gasteiger partial charge is 0.483 e. The van der Waals surface area contributed by atoms with Crippen LogP contribution in [0.4, 0.5) is 30.9 Å². The van der Waals surface area contributed by atoms with Gasteiger partial charge in [0.2, 0.25) is 5.95 Å². The van der Waals surface area contributed by atoms with Crippen molar-refractivity contribution in [2.75, 3.05) is 62.7 Å². The van der Waals surface area contributed by atoms with E-state index in [2.05, 4.69) is 30.1 Å². The quantitative estimate of drug-likeness (QED) is 0.388. The minimum absolute atomic E-state index is 0.100. The van der Waals surface area contributed by atoms with Crippen LogP contribution in [0.25, 0.3) is 11.4 Å². The summed E-state index contributed by atoms with van der Waals surface area (Å²) in [7, 11) is 0. The zero-order chi connectivity index (χ0) is 33.1. The van der Waals surface area contributed by atoms with E-state index in [9.17, 15) is 10.1 Å². The van der Waals surface area contributed by atoms with Crippen LogP contribution in [-0.4, -0.2) is 107 Å². The fourth-order valence-corrected chi connectivity index (χ4v) is 5.74. The summed E-state index contributed by atoms with van der Waals surface area (Å²) >= 11 is 0. The van der Waals surface area contributed by atoms with Gasteiger partial charge in [-0.2, -0.15) is 10.2 Å². The number of piperidine rings is 1. The Kier molecular flexibility index (Phi) is 9.38. The molecule has 1 amide bonds. The van der Waals surface area contributed by atoms with Gasteiger partial charge in [0, 0.05) is 56.1 Å². The fourth-order valence-electron chi connectivity index (χ4n) is 5.74. The maximum atomic E-state index is 15.4. The van der Waals surface area contributed by atoms with E-state index in [4.69, 9.17) is 14.2 Å².